The molecule has 8 heteroatoms. The van der Waals surface area contributed by atoms with Gasteiger partial charge in [-0.15, -0.1) is 0 Å². The summed E-state index contributed by atoms with van der Waals surface area (Å²) >= 11 is -0.184. The van der Waals surface area contributed by atoms with E-state index in [1.807, 2.05) is 30.3 Å². The Kier molecular flexibility index (Phi) is 6.54. The van der Waals surface area contributed by atoms with Gasteiger partial charge in [0, 0.05) is 11.0 Å². The van der Waals surface area contributed by atoms with E-state index in [9.17, 15) is 22.4 Å². The maximum absolute atomic E-state index is 14.1. The van der Waals surface area contributed by atoms with E-state index in [-0.39, 0.29) is 22.2 Å². The second-order valence-electron chi connectivity index (χ2n) is 5.77. The number of carbonyl (C=O) groups excluding carboxylic acids is 1. The molecular formula is C21H15F4O2S2+. The van der Waals surface area contributed by atoms with Crippen molar-refractivity contribution >= 4 is 28.6 Å². The van der Waals surface area contributed by atoms with Crippen molar-refractivity contribution in [1.82, 2.24) is 0 Å². The Morgan fingerprint density at radius 3 is 2.07 bits per heavy atom. The summed E-state index contributed by atoms with van der Waals surface area (Å²) in [5.74, 6) is -1.49. The normalized spacial score (nSPS) is 12.4. The van der Waals surface area contributed by atoms with Gasteiger partial charge in [0.25, 0.3) is 0 Å². The highest BCUT2D eigenvalue weighted by Crippen LogP contribution is 2.38. The molecule has 0 saturated carbocycles. The van der Waals surface area contributed by atoms with Gasteiger partial charge in [-0.3, -0.25) is 0 Å². The minimum atomic E-state index is -4.37. The highest BCUT2D eigenvalue weighted by atomic mass is 32.2. The van der Waals surface area contributed by atoms with E-state index >= 15 is 0 Å². The fourth-order valence-corrected chi connectivity index (χ4v) is 5.27. The third kappa shape index (κ3) is 5.33. The smallest absolute Gasteiger partial charge is 0.446 e. The number of esters is 1. The van der Waals surface area contributed by atoms with E-state index in [0.29, 0.717) is 4.90 Å². The number of halogens is 4. The van der Waals surface area contributed by atoms with Gasteiger partial charge in [0.2, 0.25) is 0 Å². The largest absolute Gasteiger partial charge is 0.465 e. The third-order valence-electron chi connectivity index (χ3n) is 3.85. The summed E-state index contributed by atoms with van der Waals surface area (Å²) in [6.45, 7) is 0. The molecular weight excluding hydrogens is 424 g/mol. The predicted octanol–water partition coefficient (Wildman–Crippen LogP) is 6.32. The molecule has 0 aliphatic carbocycles. The van der Waals surface area contributed by atoms with E-state index in [0.717, 1.165) is 9.79 Å². The molecule has 150 valence electrons. The molecule has 0 saturated heterocycles. The molecule has 0 spiro atoms. The van der Waals surface area contributed by atoms with Crippen molar-refractivity contribution in [3.05, 3.63) is 84.2 Å². The van der Waals surface area contributed by atoms with Crippen LogP contribution in [0.4, 0.5) is 17.6 Å². The second kappa shape index (κ2) is 8.92. The van der Waals surface area contributed by atoms with Crippen molar-refractivity contribution in [2.75, 3.05) is 7.11 Å². The van der Waals surface area contributed by atoms with E-state index in [4.69, 9.17) is 0 Å². The SMILES string of the molecule is COC(=O)c1cc([S+](c2ccccc2)c2ccc(SC(F)(F)F)cc2)ccc1F. The Hall–Kier alpha value is -2.45. The van der Waals surface area contributed by atoms with Crippen LogP contribution in [-0.4, -0.2) is 18.6 Å². The van der Waals surface area contributed by atoms with Gasteiger partial charge in [-0.25, -0.2) is 9.18 Å². The number of methoxy groups -OCH3 is 1. The highest BCUT2D eigenvalue weighted by Gasteiger charge is 2.32. The maximum atomic E-state index is 14.1. The number of benzene rings is 3. The van der Waals surface area contributed by atoms with Crippen LogP contribution in [0.2, 0.25) is 0 Å². The summed E-state index contributed by atoms with van der Waals surface area (Å²) in [5.41, 5.74) is -4.56. The summed E-state index contributed by atoms with van der Waals surface area (Å²) in [7, 11) is 0.421. The van der Waals surface area contributed by atoms with Gasteiger partial charge in [0.15, 0.2) is 14.7 Å². The topological polar surface area (TPSA) is 26.3 Å². The van der Waals surface area contributed by atoms with Gasteiger partial charge in [-0.2, -0.15) is 13.2 Å². The lowest BCUT2D eigenvalue weighted by molar-refractivity contribution is -0.0328. The number of rotatable bonds is 5. The molecule has 0 N–H and O–H groups in total. The Morgan fingerprint density at radius 1 is 0.897 bits per heavy atom. The Bertz CT molecular complexity index is 990. The van der Waals surface area contributed by atoms with Gasteiger partial charge >= 0.3 is 11.5 Å². The van der Waals surface area contributed by atoms with Gasteiger partial charge in [0.05, 0.1) is 18.0 Å². The Balaban J connectivity index is 2.07. The number of hydrogen-bond donors (Lipinski definition) is 0. The fourth-order valence-electron chi connectivity index (χ4n) is 2.64. The van der Waals surface area contributed by atoms with Crippen LogP contribution in [0.5, 0.6) is 0 Å². The zero-order valence-corrected chi connectivity index (χ0v) is 16.7. The van der Waals surface area contributed by atoms with Crippen LogP contribution in [0.3, 0.4) is 0 Å². The molecule has 3 aromatic rings. The molecule has 2 nitrogen and oxygen atoms in total. The molecule has 0 amide bonds. The first-order chi connectivity index (χ1) is 13.8. The average Bonchev–Trinajstić information content (AvgIpc) is 2.70. The molecule has 3 aromatic carbocycles. The monoisotopic (exact) mass is 439 g/mol. The first-order valence-corrected chi connectivity index (χ1v) is 10.4. The maximum Gasteiger partial charge on any atom is 0.446 e. The summed E-state index contributed by atoms with van der Waals surface area (Å²) in [6.07, 6.45) is 0. The summed E-state index contributed by atoms with van der Waals surface area (Å²) in [6, 6.07) is 19.5. The second-order valence-corrected chi connectivity index (χ2v) is 8.94. The summed E-state index contributed by atoms with van der Waals surface area (Å²) in [4.78, 5) is 14.2. The third-order valence-corrected chi connectivity index (χ3v) is 6.80. The quantitative estimate of drug-likeness (QED) is 0.201. The molecule has 0 bridgehead atoms. The molecule has 29 heavy (non-hydrogen) atoms. The number of thioether (sulfide) groups is 1. The lowest BCUT2D eigenvalue weighted by Gasteiger charge is -2.10. The molecule has 0 aliphatic rings. The predicted molar refractivity (Wildman–Crippen MR) is 105 cm³/mol. The number of ether oxygens (including phenoxy) is 1. The van der Waals surface area contributed by atoms with Crippen molar-refractivity contribution in [2.24, 2.45) is 0 Å². The minimum absolute atomic E-state index is 0.0761. The number of alkyl halides is 3. The van der Waals surface area contributed by atoms with Crippen molar-refractivity contribution in [2.45, 2.75) is 25.1 Å². The molecule has 0 fully saturated rings. The van der Waals surface area contributed by atoms with Crippen LogP contribution in [0.1, 0.15) is 10.4 Å². The van der Waals surface area contributed by atoms with Crippen LogP contribution >= 0.6 is 11.8 Å². The molecule has 0 heterocycles. The number of carbonyl (C=O) groups is 1. The van der Waals surface area contributed by atoms with Crippen molar-refractivity contribution < 1.29 is 27.1 Å². The van der Waals surface area contributed by atoms with E-state index in [1.165, 1.54) is 31.4 Å². The van der Waals surface area contributed by atoms with Gasteiger partial charge in [0.1, 0.15) is 11.4 Å². The standard InChI is InChI=1S/C21H15F4O2S2/c1-27-20(26)18-13-17(11-12-19(18)22)29(15-5-3-2-4-6-15)16-9-7-14(8-10-16)28-21(23,24)25/h2-13H,1H3/q+1. The Morgan fingerprint density at radius 2 is 1.48 bits per heavy atom. The lowest BCUT2D eigenvalue weighted by atomic mass is 10.2. The van der Waals surface area contributed by atoms with Gasteiger partial charge in [-0.1, -0.05) is 18.2 Å². The van der Waals surface area contributed by atoms with Crippen LogP contribution in [0.15, 0.2) is 92.4 Å². The summed E-state index contributed by atoms with van der Waals surface area (Å²) in [5, 5.41) is 0. The zero-order chi connectivity index (χ0) is 21.0. The van der Waals surface area contributed by atoms with E-state index < -0.39 is 28.2 Å². The van der Waals surface area contributed by atoms with E-state index in [2.05, 4.69) is 4.74 Å². The molecule has 0 aromatic heterocycles. The molecule has 3 rings (SSSR count). The van der Waals surface area contributed by atoms with Crippen LogP contribution < -0.4 is 0 Å². The molecule has 1 unspecified atom stereocenters. The van der Waals surface area contributed by atoms with Crippen LogP contribution in [0, 0.1) is 5.82 Å². The average molecular weight is 439 g/mol. The Labute approximate surface area is 172 Å². The minimum Gasteiger partial charge on any atom is -0.465 e. The van der Waals surface area contributed by atoms with Gasteiger partial charge < -0.3 is 4.74 Å². The van der Waals surface area contributed by atoms with Gasteiger partial charge in [-0.05, 0) is 60.3 Å². The van der Waals surface area contributed by atoms with E-state index in [1.54, 1.807) is 18.2 Å². The molecule has 1 atom stereocenters. The van der Waals surface area contributed by atoms with Crippen molar-refractivity contribution in [1.29, 1.82) is 0 Å². The first-order valence-electron chi connectivity index (χ1n) is 8.31. The first kappa shape index (κ1) is 21.3. The zero-order valence-electron chi connectivity index (χ0n) is 15.1. The summed E-state index contributed by atoms with van der Waals surface area (Å²) < 4.78 is 56.5. The molecule has 0 radical (unpaired) electrons. The van der Waals surface area contributed by atoms with Crippen LogP contribution in [0.25, 0.3) is 0 Å². The van der Waals surface area contributed by atoms with Crippen molar-refractivity contribution in [3.8, 4) is 0 Å². The molecule has 0 aliphatic heterocycles. The van der Waals surface area contributed by atoms with Crippen molar-refractivity contribution in [3.63, 3.8) is 0 Å². The highest BCUT2D eigenvalue weighted by molar-refractivity contribution is 8.00. The van der Waals surface area contributed by atoms with Crippen LogP contribution in [-0.2, 0) is 15.6 Å². The fraction of sp³-hybridized carbons (Fsp3) is 0.0952. The lowest BCUT2D eigenvalue weighted by Crippen LogP contribution is -2.09. The number of hydrogen-bond acceptors (Lipinski definition) is 3.